The highest BCUT2D eigenvalue weighted by Gasteiger charge is 2.38. The molecule has 2 atom stereocenters. The Kier molecular flexibility index (Phi) is 2.84. The molecule has 1 fully saturated rings. The summed E-state index contributed by atoms with van der Waals surface area (Å²) in [6.07, 6.45) is 5.11. The first-order chi connectivity index (χ1) is 9.93. The van der Waals surface area contributed by atoms with Gasteiger partial charge in [-0.15, -0.1) is 0 Å². The second-order valence-electron chi connectivity index (χ2n) is 5.76. The van der Waals surface area contributed by atoms with Crippen molar-refractivity contribution in [2.24, 2.45) is 0 Å². The van der Waals surface area contributed by atoms with Gasteiger partial charge in [0.25, 0.3) is 0 Å². The highest BCUT2D eigenvalue weighted by atomic mass is 15.2. The molecular weight excluding hydrogens is 242 g/mol. The average molecular weight is 261 g/mol. The van der Waals surface area contributed by atoms with Gasteiger partial charge in [-0.3, -0.25) is 0 Å². The van der Waals surface area contributed by atoms with Gasteiger partial charge in [0.15, 0.2) is 0 Å². The van der Waals surface area contributed by atoms with Gasteiger partial charge in [0.2, 0.25) is 0 Å². The maximum atomic E-state index is 2.62. The van der Waals surface area contributed by atoms with Crippen LogP contribution in [0.4, 0.5) is 0 Å². The van der Waals surface area contributed by atoms with Crippen molar-refractivity contribution < 1.29 is 0 Å². The molecule has 0 radical (unpaired) electrons. The summed E-state index contributed by atoms with van der Waals surface area (Å²) in [5, 5.41) is 0. The van der Waals surface area contributed by atoms with Gasteiger partial charge >= 0.3 is 0 Å². The molecule has 4 rings (SSSR count). The van der Waals surface area contributed by atoms with E-state index in [9.17, 15) is 0 Å². The highest BCUT2D eigenvalue weighted by Crippen LogP contribution is 2.44. The molecule has 0 saturated carbocycles. The monoisotopic (exact) mass is 261 g/mol. The largest absolute Gasteiger partial charge is 0.367 e. The van der Waals surface area contributed by atoms with Crippen LogP contribution in [0.2, 0.25) is 0 Å². The molecule has 0 unspecified atom stereocenters. The van der Waals surface area contributed by atoms with E-state index in [0.29, 0.717) is 12.0 Å². The molecule has 2 aliphatic heterocycles. The van der Waals surface area contributed by atoms with E-state index in [1.807, 2.05) is 0 Å². The molecule has 0 spiro atoms. The van der Waals surface area contributed by atoms with E-state index in [0.717, 1.165) is 0 Å². The first kappa shape index (κ1) is 11.8. The van der Waals surface area contributed by atoms with E-state index in [-0.39, 0.29) is 0 Å². The fraction of sp³-hybridized carbons (Fsp3) is 0.263. The van der Waals surface area contributed by atoms with Crippen molar-refractivity contribution >= 4 is 5.70 Å². The Balaban J connectivity index is 1.76. The number of hydrogen-bond acceptors (Lipinski definition) is 1. The van der Waals surface area contributed by atoms with Crippen LogP contribution in [0.1, 0.15) is 29.9 Å². The topological polar surface area (TPSA) is 3.24 Å². The Hall–Kier alpha value is -2.02. The van der Waals surface area contributed by atoms with Crippen molar-refractivity contribution in [2.75, 3.05) is 6.54 Å². The van der Waals surface area contributed by atoms with Gasteiger partial charge in [-0.05, 0) is 24.0 Å². The standard InChI is InChI=1S/C19H19N/c1-3-8-15(9-4-1)17-14-19(16-10-5-2-6-11-16)20-13-7-12-18(17)20/h1-6,8-11,14,17-18H,7,12-13H2/t17-,18+/m1/s1. The summed E-state index contributed by atoms with van der Waals surface area (Å²) in [5.41, 5.74) is 4.25. The predicted molar refractivity (Wildman–Crippen MR) is 83.3 cm³/mol. The van der Waals surface area contributed by atoms with Crippen LogP contribution in [-0.2, 0) is 0 Å². The van der Waals surface area contributed by atoms with Gasteiger partial charge in [-0.25, -0.2) is 0 Å². The van der Waals surface area contributed by atoms with Crippen molar-refractivity contribution in [3.05, 3.63) is 77.9 Å². The molecule has 2 aliphatic rings. The van der Waals surface area contributed by atoms with Crippen molar-refractivity contribution in [2.45, 2.75) is 24.8 Å². The van der Waals surface area contributed by atoms with Crippen LogP contribution in [-0.4, -0.2) is 17.5 Å². The van der Waals surface area contributed by atoms with Gasteiger partial charge < -0.3 is 4.90 Å². The minimum absolute atomic E-state index is 0.550. The molecule has 0 N–H and O–H groups in total. The quantitative estimate of drug-likeness (QED) is 0.779. The zero-order valence-electron chi connectivity index (χ0n) is 11.6. The third-order valence-corrected chi connectivity index (χ3v) is 4.61. The van der Waals surface area contributed by atoms with Gasteiger partial charge in [-0.1, -0.05) is 66.7 Å². The highest BCUT2D eigenvalue weighted by molar-refractivity contribution is 5.69. The minimum Gasteiger partial charge on any atom is -0.367 e. The van der Waals surface area contributed by atoms with Crippen LogP contribution in [0, 0.1) is 0 Å². The van der Waals surface area contributed by atoms with Crippen molar-refractivity contribution in [3.63, 3.8) is 0 Å². The minimum atomic E-state index is 0.550. The lowest BCUT2D eigenvalue weighted by Crippen LogP contribution is -2.26. The molecule has 2 aromatic carbocycles. The lowest BCUT2D eigenvalue weighted by Gasteiger charge is -2.25. The van der Waals surface area contributed by atoms with Crippen molar-refractivity contribution in [3.8, 4) is 0 Å². The third-order valence-electron chi connectivity index (χ3n) is 4.61. The van der Waals surface area contributed by atoms with E-state index in [1.165, 1.54) is 36.2 Å². The Morgan fingerprint density at radius 1 is 0.850 bits per heavy atom. The summed E-state index contributed by atoms with van der Waals surface area (Å²) in [5.74, 6) is 0.550. The fourth-order valence-electron chi connectivity index (χ4n) is 3.71. The normalized spacial score (nSPS) is 24.6. The number of hydrogen-bond donors (Lipinski definition) is 0. The van der Waals surface area contributed by atoms with Crippen molar-refractivity contribution in [1.29, 1.82) is 0 Å². The van der Waals surface area contributed by atoms with Crippen LogP contribution >= 0.6 is 0 Å². The Morgan fingerprint density at radius 2 is 1.55 bits per heavy atom. The first-order valence-electron chi connectivity index (χ1n) is 7.52. The van der Waals surface area contributed by atoms with Gasteiger partial charge in [0.05, 0.1) is 0 Å². The van der Waals surface area contributed by atoms with Gasteiger partial charge in [0, 0.05) is 24.2 Å². The van der Waals surface area contributed by atoms with Gasteiger partial charge in [-0.2, -0.15) is 0 Å². The summed E-state index contributed by atoms with van der Waals surface area (Å²) in [4.78, 5) is 2.62. The van der Waals surface area contributed by atoms with Crippen LogP contribution in [0.3, 0.4) is 0 Å². The molecule has 0 aliphatic carbocycles. The maximum absolute atomic E-state index is 2.62. The third kappa shape index (κ3) is 1.85. The van der Waals surface area contributed by atoms with E-state index in [4.69, 9.17) is 0 Å². The van der Waals surface area contributed by atoms with Crippen LogP contribution in [0.5, 0.6) is 0 Å². The number of nitrogens with zero attached hydrogens (tertiary/aromatic N) is 1. The molecule has 1 nitrogen and oxygen atoms in total. The molecule has 20 heavy (non-hydrogen) atoms. The maximum Gasteiger partial charge on any atom is 0.0409 e. The number of rotatable bonds is 2. The average Bonchev–Trinajstić information content (AvgIpc) is 3.11. The second kappa shape index (κ2) is 4.82. The van der Waals surface area contributed by atoms with Crippen molar-refractivity contribution in [1.82, 2.24) is 4.90 Å². The van der Waals surface area contributed by atoms with Crippen LogP contribution in [0.15, 0.2) is 66.7 Å². The molecule has 1 saturated heterocycles. The summed E-state index contributed by atoms with van der Waals surface area (Å²) >= 11 is 0. The Labute approximate surface area is 120 Å². The van der Waals surface area contributed by atoms with Crippen LogP contribution in [0.25, 0.3) is 5.70 Å². The molecule has 1 heteroatoms. The smallest absolute Gasteiger partial charge is 0.0409 e. The molecular formula is C19H19N. The van der Waals surface area contributed by atoms with Crippen LogP contribution < -0.4 is 0 Å². The molecule has 0 aromatic heterocycles. The number of benzene rings is 2. The lowest BCUT2D eigenvalue weighted by molar-refractivity contribution is 0.373. The zero-order chi connectivity index (χ0) is 13.4. The molecule has 100 valence electrons. The first-order valence-corrected chi connectivity index (χ1v) is 7.52. The number of fused-ring (bicyclic) bond motifs is 1. The van der Waals surface area contributed by atoms with Gasteiger partial charge in [0.1, 0.15) is 0 Å². The molecule has 2 heterocycles. The second-order valence-corrected chi connectivity index (χ2v) is 5.76. The predicted octanol–water partition coefficient (Wildman–Crippen LogP) is 4.29. The zero-order valence-corrected chi connectivity index (χ0v) is 11.6. The summed E-state index contributed by atoms with van der Waals surface area (Å²) in [6.45, 7) is 1.20. The van der Waals surface area contributed by atoms with E-state index >= 15 is 0 Å². The van der Waals surface area contributed by atoms with E-state index in [2.05, 4.69) is 71.6 Å². The molecule has 0 bridgehead atoms. The summed E-state index contributed by atoms with van der Waals surface area (Å²) in [6, 6.07) is 22.4. The summed E-state index contributed by atoms with van der Waals surface area (Å²) in [7, 11) is 0. The fourth-order valence-corrected chi connectivity index (χ4v) is 3.71. The summed E-state index contributed by atoms with van der Waals surface area (Å²) < 4.78 is 0. The lowest BCUT2D eigenvalue weighted by atomic mass is 9.92. The van der Waals surface area contributed by atoms with E-state index < -0.39 is 0 Å². The Bertz CT molecular complexity index is 615. The SMILES string of the molecule is C1=C(c2ccccc2)N2CCC[C@H]2[C@H]1c1ccccc1. The van der Waals surface area contributed by atoms with E-state index in [1.54, 1.807) is 0 Å². The Morgan fingerprint density at radius 3 is 2.30 bits per heavy atom. The molecule has 0 amide bonds. The molecule has 2 aromatic rings.